The van der Waals surface area contributed by atoms with Gasteiger partial charge in [0.2, 0.25) is 5.82 Å². The van der Waals surface area contributed by atoms with Crippen LogP contribution in [0.1, 0.15) is 6.92 Å². The minimum absolute atomic E-state index is 0.0301. The predicted octanol–water partition coefficient (Wildman–Crippen LogP) is 0.964. The van der Waals surface area contributed by atoms with Gasteiger partial charge in [0.15, 0.2) is 4.90 Å². The summed E-state index contributed by atoms with van der Waals surface area (Å²) in [4.78, 5) is 14.8. The molecule has 0 unspecified atom stereocenters. The Balaban J connectivity index is 3.31. The summed E-state index contributed by atoms with van der Waals surface area (Å²) in [5.74, 6) is -1.23. The summed E-state index contributed by atoms with van der Waals surface area (Å²) < 4.78 is 36.3. The molecule has 7 nitrogen and oxygen atoms in total. The van der Waals surface area contributed by atoms with Crippen molar-refractivity contribution in [3.63, 3.8) is 0 Å². The maximum Gasteiger partial charge on any atom is 0.324 e. The van der Waals surface area contributed by atoms with Gasteiger partial charge in [-0.1, -0.05) is 11.0 Å². The molecule has 94 valence electrons. The van der Waals surface area contributed by atoms with Gasteiger partial charge in [0.25, 0.3) is 10.0 Å². The Bertz CT molecular complexity index is 531. The summed E-state index contributed by atoms with van der Waals surface area (Å²) in [5.41, 5.74) is -1.11. The van der Waals surface area contributed by atoms with E-state index in [1.54, 1.807) is 4.89 Å². The molecule has 0 fully saturated rings. The molecule has 1 rings (SSSR count). The summed E-state index contributed by atoms with van der Waals surface area (Å²) in [5, 5.41) is 10.6. The number of halogens is 1. The molecule has 17 heavy (non-hydrogen) atoms. The molecule has 0 atom stereocenters. The van der Waals surface area contributed by atoms with Crippen molar-refractivity contribution in [1.29, 1.82) is 0 Å². The lowest BCUT2D eigenvalue weighted by Gasteiger charge is -2.06. The van der Waals surface area contributed by atoms with Gasteiger partial charge in [-0.05, 0) is 19.1 Å². The van der Waals surface area contributed by atoms with Crippen LogP contribution in [0.25, 0.3) is 0 Å². The molecular formula is C8H9FN2O5S. The van der Waals surface area contributed by atoms with Crippen LogP contribution in [0.2, 0.25) is 0 Å². The molecule has 0 spiro atoms. The van der Waals surface area contributed by atoms with Gasteiger partial charge < -0.3 is 0 Å². The Kier molecular flexibility index (Phi) is 4.10. The highest BCUT2D eigenvalue weighted by atomic mass is 32.2. The van der Waals surface area contributed by atoms with E-state index in [1.165, 1.54) is 6.92 Å². The van der Waals surface area contributed by atoms with Crippen LogP contribution < -0.4 is 4.89 Å². The van der Waals surface area contributed by atoms with Gasteiger partial charge in [-0.25, -0.2) is 8.42 Å². The van der Waals surface area contributed by atoms with Crippen LogP contribution >= 0.6 is 0 Å². The fraction of sp³-hybridized carbons (Fsp3) is 0.250. The van der Waals surface area contributed by atoms with E-state index in [-0.39, 0.29) is 6.61 Å². The molecule has 0 aromatic heterocycles. The Morgan fingerprint density at radius 3 is 2.71 bits per heavy atom. The quantitative estimate of drug-likeness (QED) is 0.631. The molecule has 0 heterocycles. The number of nitro groups is 1. The highest BCUT2D eigenvalue weighted by Crippen LogP contribution is 2.26. The number of hydrogen-bond acceptors (Lipinski definition) is 5. The first-order chi connectivity index (χ1) is 7.90. The molecule has 1 aromatic rings. The Labute approximate surface area is 96.4 Å². The van der Waals surface area contributed by atoms with E-state index in [9.17, 15) is 22.9 Å². The second-order valence-electron chi connectivity index (χ2n) is 2.86. The summed E-state index contributed by atoms with van der Waals surface area (Å²) in [6, 6.07) is 2.78. The van der Waals surface area contributed by atoms with Crippen LogP contribution in [0.15, 0.2) is 23.1 Å². The van der Waals surface area contributed by atoms with Gasteiger partial charge in [0.1, 0.15) is 0 Å². The number of sulfonamides is 1. The van der Waals surface area contributed by atoms with Crippen LogP contribution in [-0.2, 0) is 14.9 Å². The van der Waals surface area contributed by atoms with Crippen LogP contribution in [0.4, 0.5) is 10.1 Å². The smallest absolute Gasteiger partial charge is 0.287 e. The number of benzene rings is 1. The third-order valence-electron chi connectivity index (χ3n) is 1.73. The highest BCUT2D eigenvalue weighted by molar-refractivity contribution is 7.89. The maximum absolute atomic E-state index is 13.2. The SMILES string of the molecule is CCONS(=O)(=O)c1cccc(F)c1[N+](=O)[O-]. The van der Waals surface area contributed by atoms with Crippen molar-refractivity contribution < 1.29 is 22.6 Å². The first-order valence-electron chi connectivity index (χ1n) is 4.46. The van der Waals surface area contributed by atoms with Gasteiger partial charge >= 0.3 is 5.69 Å². The largest absolute Gasteiger partial charge is 0.324 e. The topological polar surface area (TPSA) is 98.5 Å². The molecule has 0 bridgehead atoms. The van der Waals surface area contributed by atoms with Crippen LogP contribution in [-0.4, -0.2) is 19.9 Å². The van der Waals surface area contributed by atoms with E-state index >= 15 is 0 Å². The third-order valence-corrected chi connectivity index (χ3v) is 2.98. The average Bonchev–Trinajstić information content (AvgIpc) is 2.25. The van der Waals surface area contributed by atoms with E-state index in [1.807, 2.05) is 0 Å². The Hall–Kier alpha value is -1.58. The van der Waals surface area contributed by atoms with Crippen molar-refractivity contribution in [3.05, 3.63) is 34.1 Å². The molecule has 1 aromatic carbocycles. The summed E-state index contributed by atoms with van der Waals surface area (Å²) >= 11 is 0. The monoisotopic (exact) mass is 264 g/mol. The van der Waals surface area contributed by atoms with Gasteiger partial charge in [-0.3, -0.25) is 15.0 Å². The normalized spacial score (nSPS) is 11.4. The zero-order valence-electron chi connectivity index (χ0n) is 8.71. The second kappa shape index (κ2) is 5.17. The molecule has 0 aliphatic rings. The van der Waals surface area contributed by atoms with E-state index in [2.05, 4.69) is 4.84 Å². The first kappa shape index (κ1) is 13.5. The molecule has 0 amide bonds. The van der Waals surface area contributed by atoms with Crippen molar-refractivity contribution >= 4 is 15.7 Å². The maximum atomic E-state index is 13.2. The number of nitrogens with zero attached hydrogens (tertiary/aromatic N) is 1. The molecule has 0 aliphatic heterocycles. The van der Waals surface area contributed by atoms with E-state index in [0.29, 0.717) is 0 Å². The fourth-order valence-corrected chi connectivity index (χ4v) is 2.12. The lowest BCUT2D eigenvalue weighted by Crippen LogP contribution is -2.25. The minimum Gasteiger partial charge on any atom is -0.287 e. The summed E-state index contributed by atoms with van der Waals surface area (Å²) in [6.07, 6.45) is 0. The number of hydrogen-bond donors (Lipinski definition) is 1. The molecule has 0 radical (unpaired) electrons. The lowest BCUT2D eigenvalue weighted by atomic mass is 10.3. The van der Waals surface area contributed by atoms with Gasteiger partial charge in [-0.2, -0.15) is 4.39 Å². The molecule has 0 aliphatic carbocycles. The zero-order chi connectivity index (χ0) is 13.1. The summed E-state index contributed by atoms with van der Waals surface area (Å²) in [7, 11) is -4.27. The number of nitrogens with one attached hydrogen (secondary N) is 1. The zero-order valence-corrected chi connectivity index (χ0v) is 9.53. The summed E-state index contributed by atoms with van der Waals surface area (Å²) in [6.45, 7) is 1.55. The van der Waals surface area contributed by atoms with Crippen LogP contribution in [0.3, 0.4) is 0 Å². The molecule has 0 saturated heterocycles. The first-order valence-corrected chi connectivity index (χ1v) is 5.95. The van der Waals surface area contributed by atoms with E-state index in [4.69, 9.17) is 0 Å². The average molecular weight is 264 g/mol. The number of rotatable bonds is 5. The van der Waals surface area contributed by atoms with Crippen molar-refractivity contribution in [2.24, 2.45) is 0 Å². The predicted molar refractivity (Wildman–Crippen MR) is 55.0 cm³/mol. The van der Waals surface area contributed by atoms with Crippen molar-refractivity contribution in [2.45, 2.75) is 11.8 Å². The Morgan fingerprint density at radius 1 is 1.53 bits per heavy atom. The Morgan fingerprint density at radius 2 is 2.18 bits per heavy atom. The molecular weight excluding hydrogens is 255 g/mol. The lowest BCUT2D eigenvalue weighted by molar-refractivity contribution is -0.390. The van der Waals surface area contributed by atoms with E-state index < -0.39 is 31.3 Å². The number of nitro benzene ring substituents is 1. The molecule has 9 heteroatoms. The van der Waals surface area contributed by atoms with Crippen molar-refractivity contribution in [3.8, 4) is 0 Å². The second-order valence-corrected chi connectivity index (χ2v) is 4.48. The van der Waals surface area contributed by atoms with Crippen molar-refractivity contribution in [1.82, 2.24) is 4.89 Å². The number of para-hydroxylation sites is 1. The molecule has 0 saturated carbocycles. The van der Waals surface area contributed by atoms with E-state index in [0.717, 1.165) is 18.2 Å². The standard InChI is InChI=1S/C8H9FN2O5S/c1-2-16-10-17(14,15)7-5-3-4-6(9)8(7)11(12)13/h3-5,10H,2H2,1H3. The minimum atomic E-state index is -4.27. The fourth-order valence-electron chi connectivity index (χ4n) is 1.07. The van der Waals surface area contributed by atoms with Crippen LogP contribution in [0.5, 0.6) is 0 Å². The van der Waals surface area contributed by atoms with Crippen LogP contribution in [0, 0.1) is 15.9 Å². The van der Waals surface area contributed by atoms with Gasteiger partial charge in [0.05, 0.1) is 11.5 Å². The van der Waals surface area contributed by atoms with Gasteiger partial charge in [0, 0.05) is 0 Å². The third kappa shape index (κ3) is 2.96. The highest BCUT2D eigenvalue weighted by Gasteiger charge is 2.29. The van der Waals surface area contributed by atoms with Gasteiger partial charge in [-0.15, -0.1) is 0 Å². The van der Waals surface area contributed by atoms with Crippen molar-refractivity contribution in [2.75, 3.05) is 6.61 Å². The molecule has 1 N–H and O–H groups in total.